The van der Waals surface area contributed by atoms with Crippen LogP contribution in [0.3, 0.4) is 0 Å². The summed E-state index contributed by atoms with van der Waals surface area (Å²) in [5, 5.41) is 44.3. The zero-order chi connectivity index (χ0) is 26.3. The van der Waals surface area contributed by atoms with E-state index in [0.29, 0.717) is 0 Å². The van der Waals surface area contributed by atoms with Crippen molar-refractivity contribution < 1.29 is 53.9 Å². The standard InChI is InChI=1S/C19H32N4O11/c1-10(26)23-12(7-24)18(17(32)13(27)8-25)34-9-15(29)21-5-4-14(28)22-6-11(19(20)33)2-3-16(30)31/h7,11-13,17-18,25,27,32H,2-6,8-9H2,1H3,(H2,20,33)(H,21,29)(H,22,28)(H,23,26)(H,30,31)/t11?,12-,13+,17+,18+/m0/s1. The number of primary amides is 1. The van der Waals surface area contributed by atoms with E-state index in [0.717, 1.165) is 6.92 Å². The molecule has 0 aliphatic heterocycles. The van der Waals surface area contributed by atoms with Gasteiger partial charge >= 0.3 is 5.97 Å². The number of hydrogen-bond donors (Lipinski definition) is 8. The third kappa shape index (κ3) is 12.8. The molecule has 0 saturated carbocycles. The SMILES string of the molecule is CC(=O)N[C@@H](C=O)[C@@H](OCC(=O)NCCC(=O)NCC(CCC(=O)O)C(N)=O)[C@H](O)[C@H](O)CO. The van der Waals surface area contributed by atoms with E-state index in [-0.39, 0.29) is 38.6 Å². The summed E-state index contributed by atoms with van der Waals surface area (Å²) >= 11 is 0. The Balaban J connectivity index is 4.63. The molecule has 34 heavy (non-hydrogen) atoms. The van der Waals surface area contributed by atoms with Gasteiger partial charge in [0, 0.05) is 32.9 Å². The lowest BCUT2D eigenvalue weighted by Gasteiger charge is -2.30. The number of nitrogens with one attached hydrogen (secondary N) is 3. The zero-order valence-corrected chi connectivity index (χ0v) is 18.6. The highest BCUT2D eigenvalue weighted by Crippen LogP contribution is 2.09. The number of carboxylic acid groups (broad SMARTS) is 1. The third-order valence-electron chi connectivity index (χ3n) is 4.52. The molecule has 1 unspecified atom stereocenters. The Morgan fingerprint density at radius 1 is 1.06 bits per heavy atom. The van der Waals surface area contributed by atoms with E-state index in [9.17, 15) is 39.0 Å². The smallest absolute Gasteiger partial charge is 0.303 e. The number of rotatable bonds is 18. The maximum Gasteiger partial charge on any atom is 0.303 e. The van der Waals surface area contributed by atoms with Gasteiger partial charge in [-0.05, 0) is 6.42 Å². The van der Waals surface area contributed by atoms with Gasteiger partial charge in [-0.15, -0.1) is 0 Å². The molecule has 4 amide bonds. The molecule has 9 N–H and O–H groups in total. The van der Waals surface area contributed by atoms with Crippen molar-refractivity contribution in [2.75, 3.05) is 26.3 Å². The van der Waals surface area contributed by atoms with Crippen molar-refractivity contribution in [3.8, 4) is 0 Å². The van der Waals surface area contributed by atoms with Crippen LogP contribution < -0.4 is 21.7 Å². The normalized spacial score (nSPS) is 15.2. The van der Waals surface area contributed by atoms with Gasteiger partial charge in [0.2, 0.25) is 23.6 Å². The van der Waals surface area contributed by atoms with Gasteiger partial charge in [0.15, 0.2) is 0 Å². The Morgan fingerprint density at radius 3 is 2.21 bits per heavy atom. The average Bonchev–Trinajstić information content (AvgIpc) is 2.76. The van der Waals surface area contributed by atoms with Crippen molar-refractivity contribution in [1.29, 1.82) is 0 Å². The maximum absolute atomic E-state index is 12.0. The predicted molar refractivity (Wildman–Crippen MR) is 113 cm³/mol. The summed E-state index contributed by atoms with van der Waals surface area (Å²) in [6, 6.07) is -1.42. The van der Waals surface area contributed by atoms with Crippen molar-refractivity contribution in [2.45, 2.75) is 50.5 Å². The first-order valence-corrected chi connectivity index (χ1v) is 10.3. The summed E-state index contributed by atoms with van der Waals surface area (Å²) < 4.78 is 5.17. The number of hydrogen-bond acceptors (Lipinski definition) is 10. The van der Waals surface area contributed by atoms with E-state index in [4.69, 9.17) is 20.7 Å². The number of aldehydes is 1. The first-order chi connectivity index (χ1) is 15.9. The quantitative estimate of drug-likeness (QED) is 0.0844. The molecule has 0 saturated heterocycles. The highest BCUT2D eigenvalue weighted by atomic mass is 16.5. The Kier molecular flexibility index (Phi) is 14.9. The number of aliphatic hydroxyl groups is 3. The van der Waals surface area contributed by atoms with Crippen LogP contribution in [0.25, 0.3) is 0 Å². The molecule has 5 atom stereocenters. The summed E-state index contributed by atoms with van der Waals surface area (Å²) in [6.45, 7) is -0.815. The lowest BCUT2D eigenvalue weighted by atomic mass is 10.0. The van der Waals surface area contributed by atoms with Crippen LogP contribution >= 0.6 is 0 Å². The number of nitrogens with two attached hydrogens (primary N) is 1. The topological polar surface area (TPSA) is 255 Å². The van der Waals surface area contributed by atoms with Crippen LogP contribution in [0, 0.1) is 5.92 Å². The van der Waals surface area contributed by atoms with Gasteiger partial charge in [-0.2, -0.15) is 0 Å². The summed E-state index contributed by atoms with van der Waals surface area (Å²) in [7, 11) is 0. The fraction of sp³-hybridized carbons (Fsp3) is 0.684. The molecular formula is C19H32N4O11. The van der Waals surface area contributed by atoms with Gasteiger partial charge in [0.1, 0.15) is 37.2 Å². The fourth-order valence-electron chi connectivity index (χ4n) is 2.68. The Hall–Kier alpha value is -3.14. The van der Waals surface area contributed by atoms with Crippen molar-refractivity contribution >= 4 is 35.9 Å². The van der Waals surface area contributed by atoms with Gasteiger partial charge in [0.25, 0.3) is 0 Å². The monoisotopic (exact) mass is 492 g/mol. The highest BCUT2D eigenvalue weighted by molar-refractivity contribution is 5.81. The van der Waals surface area contributed by atoms with E-state index in [2.05, 4.69) is 16.0 Å². The maximum atomic E-state index is 12.0. The molecule has 0 aliphatic rings. The van der Waals surface area contributed by atoms with Crippen molar-refractivity contribution in [1.82, 2.24) is 16.0 Å². The number of aliphatic hydroxyl groups excluding tert-OH is 3. The van der Waals surface area contributed by atoms with Gasteiger partial charge in [0.05, 0.1) is 12.5 Å². The van der Waals surface area contributed by atoms with Crippen LogP contribution in [0.1, 0.15) is 26.2 Å². The molecule has 0 aliphatic carbocycles. The molecule has 0 heterocycles. The van der Waals surface area contributed by atoms with E-state index in [1.54, 1.807) is 0 Å². The van der Waals surface area contributed by atoms with Crippen molar-refractivity contribution in [3.05, 3.63) is 0 Å². The average molecular weight is 492 g/mol. The molecule has 15 nitrogen and oxygen atoms in total. The van der Waals surface area contributed by atoms with E-state index in [1.807, 2.05) is 0 Å². The van der Waals surface area contributed by atoms with E-state index < -0.39 is 73.1 Å². The predicted octanol–water partition coefficient (Wildman–Crippen LogP) is -4.62. The Labute approximate surface area is 195 Å². The largest absolute Gasteiger partial charge is 0.481 e. The number of amides is 4. The molecule has 0 fully saturated rings. The zero-order valence-electron chi connectivity index (χ0n) is 18.6. The molecule has 0 spiro atoms. The Morgan fingerprint density at radius 2 is 1.71 bits per heavy atom. The minimum atomic E-state index is -1.81. The molecule has 0 aromatic carbocycles. The fourth-order valence-corrected chi connectivity index (χ4v) is 2.68. The molecule has 194 valence electrons. The van der Waals surface area contributed by atoms with Crippen molar-refractivity contribution in [2.24, 2.45) is 11.7 Å². The second-order valence-electron chi connectivity index (χ2n) is 7.31. The van der Waals surface area contributed by atoms with Crippen LogP contribution in [-0.2, 0) is 33.5 Å². The minimum Gasteiger partial charge on any atom is -0.481 e. The minimum absolute atomic E-state index is 0.0444. The van der Waals surface area contributed by atoms with Crippen LogP contribution in [0.5, 0.6) is 0 Å². The summed E-state index contributed by atoms with van der Waals surface area (Å²) in [5.41, 5.74) is 5.17. The third-order valence-corrected chi connectivity index (χ3v) is 4.52. The van der Waals surface area contributed by atoms with E-state index in [1.165, 1.54) is 0 Å². The van der Waals surface area contributed by atoms with Crippen LogP contribution in [0.15, 0.2) is 0 Å². The molecule has 0 bridgehead atoms. The second-order valence-corrected chi connectivity index (χ2v) is 7.31. The molecular weight excluding hydrogens is 460 g/mol. The molecule has 0 radical (unpaired) electrons. The van der Waals surface area contributed by atoms with Gasteiger partial charge in [-0.25, -0.2) is 0 Å². The summed E-state index contributed by atoms with van der Waals surface area (Å²) in [6.07, 6.45) is -5.40. The first-order valence-electron chi connectivity index (χ1n) is 10.3. The van der Waals surface area contributed by atoms with Crippen molar-refractivity contribution in [3.63, 3.8) is 0 Å². The summed E-state index contributed by atoms with van der Waals surface area (Å²) in [5.74, 6) is -4.69. The lowest BCUT2D eigenvalue weighted by Crippen LogP contribution is -2.55. The number of carbonyl (C=O) groups excluding carboxylic acids is 5. The summed E-state index contributed by atoms with van der Waals surface area (Å²) in [4.78, 5) is 68.2. The lowest BCUT2D eigenvalue weighted by molar-refractivity contribution is -0.145. The molecule has 15 heteroatoms. The van der Waals surface area contributed by atoms with Crippen LogP contribution in [0.4, 0.5) is 0 Å². The van der Waals surface area contributed by atoms with Gasteiger partial charge < -0.3 is 51.6 Å². The molecule has 0 rings (SSSR count). The second kappa shape index (κ2) is 16.5. The van der Waals surface area contributed by atoms with Crippen LogP contribution in [-0.4, -0.2) is 107 Å². The highest BCUT2D eigenvalue weighted by Gasteiger charge is 2.34. The van der Waals surface area contributed by atoms with Gasteiger partial charge in [-0.3, -0.25) is 24.0 Å². The number of carboxylic acids is 1. The number of aliphatic carboxylic acids is 1. The van der Waals surface area contributed by atoms with Gasteiger partial charge in [-0.1, -0.05) is 0 Å². The number of carbonyl (C=O) groups is 6. The first kappa shape index (κ1) is 30.9. The molecule has 0 aromatic heterocycles. The Bertz CT molecular complexity index is 718. The number of ether oxygens (including phenoxy) is 1. The van der Waals surface area contributed by atoms with Crippen LogP contribution in [0.2, 0.25) is 0 Å². The molecule has 0 aromatic rings. The van der Waals surface area contributed by atoms with E-state index >= 15 is 0 Å².